The molecule has 2 aromatic rings. The Hall–Kier alpha value is -1.61. The van der Waals surface area contributed by atoms with E-state index in [1.54, 1.807) is 30.3 Å². The van der Waals surface area contributed by atoms with Crippen LogP contribution < -0.4 is 5.73 Å². The van der Waals surface area contributed by atoms with Gasteiger partial charge in [-0.3, -0.25) is 0 Å². The molecule has 15 heavy (non-hydrogen) atoms. The van der Waals surface area contributed by atoms with Gasteiger partial charge in [0.1, 0.15) is 0 Å². The van der Waals surface area contributed by atoms with Crippen LogP contribution in [-0.4, -0.2) is 6.54 Å². The second-order valence-electron chi connectivity index (χ2n) is 3.38. The average Bonchev–Trinajstić information content (AvgIpc) is 2.83. The maximum Gasteiger partial charge on any atom is 0.176 e. The average molecular weight is 205 g/mol. The first-order chi connectivity index (χ1) is 7.27. The van der Waals surface area contributed by atoms with Gasteiger partial charge in [-0.05, 0) is 11.6 Å². The lowest BCUT2D eigenvalue weighted by molar-refractivity contribution is 0.231. The van der Waals surface area contributed by atoms with Crippen molar-refractivity contribution in [3.05, 3.63) is 60.1 Å². The van der Waals surface area contributed by atoms with Gasteiger partial charge in [0.15, 0.2) is 5.67 Å². The Morgan fingerprint density at radius 1 is 1.13 bits per heavy atom. The number of alkyl halides is 1. The molecule has 0 bridgehead atoms. The second kappa shape index (κ2) is 3.87. The summed E-state index contributed by atoms with van der Waals surface area (Å²) in [7, 11) is 0. The monoisotopic (exact) mass is 205 g/mol. The molecule has 2 rings (SSSR count). The zero-order valence-corrected chi connectivity index (χ0v) is 8.19. The van der Waals surface area contributed by atoms with Crippen molar-refractivity contribution in [2.24, 2.45) is 5.73 Å². The van der Waals surface area contributed by atoms with Crippen LogP contribution in [0.15, 0.2) is 53.3 Å². The normalized spacial score (nSPS) is 14.8. The standard InChI is InChI=1S/C12H12FNO/c13-12(9-14,11-6-7-15-8-11)10-4-2-1-3-5-10/h1-8H,9,14H2. The highest BCUT2D eigenvalue weighted by molar-refractivity contribution is 5.34. The topological polar surface area (TPSA) is 39.2 Å². The van der Waals surface area contributed by atoms with Crippen LogP contribution in [-0.2, 0) is 5.67 Å². The molecule has 0 aliphatic rings. The zero-order valence-electron chi connectivity index (χ0n) is 8.19. The van der Waals surface area contributed by atoms with Crippen LogP contribution in [0.1, 0.15) is 11.1 Å². The number of hydrogen-bond acceptors (Lipinski definition) is 2. The first-order valence-corrected chi connectivity index (χ1v) is 4.74. The third kappa shape index (κ3) is 1.66. The maximum absolute atomic E-state index is 14.6. The molecule has 3 heteroatoms. The summed E-state index contributed by atoms with van der Waals surface area (Å²) in [5.74, 6) is 0. The van der Waals surface area contributed by atoms with Gasteiger partial charge in [0.25, 0.3) is 0 Å². The van der Waals surface area contributed by atoms with Crippen molar-refractivity contribution < 1.29 is 8.81 Å². The predicted octanol–water partition coefficient (Wildman–Crippen LogP) is 2.45. The highest BCUT2D eigenvalue weighted by Crippen LogP contribution is 2.32. The van der Waals surface area contributed by atoms with Gasteiger partial charge in [-0.25, -0.2) is 4.39 Å². The Labute approximate surface area is 87.5 Å². The molecule has 0 amide bonds. The van der Waals surface area contributed by atoms with Crippen LogP contribution in [0.4, 0.5) is 4.39 Å². The Balaban J connectivity index is 2.47. The van der Waals surface area contributed by atoms with E-state index in [0.29, 0.717) is 11.1 Å². The van der Waals surface area contributed by atoms with Crippen molar-refractivity contribution in [1.82, 2.24) is 0 Å². The van der Waals surface area contributed by atoms with Gasteiger partial charge in [0.05, 0.1) is 12.5 Å². The quantitative estimate of drug-likeness (QED) is 0.835. The van der Waals surface area contributed by atoms with E-state index in [4.69, 9.17) is 10.2 Å². The molecule has 0 aliphatic heterocycles. The van der Waals surface area contributed by atoms with E-state index in [9.17, 15) is 4.39 Å². The van der Waals surface area contributed by atoms with Crippen LogP contribution >= 0.6 is 0 Å². The van der Waals surface area contributed by atoms with E-state index in [0.717, 1.165) is 0 Å². The van der Waals surface area contributed by atoms with E-state index in [-0.39, 0.29) is 6.54 Å². The van der Waals surface area contributed by atoms with Crippen molar-refractivity contribution >= 4 is 0 Å². The molecule has 0 aliphatic carbocycles. The Morgan fingerprint density at radius 2 is 1.87 bits per heavy atom. The minimum atomic E-state index is -1.66. The van der Waals surface area contributed by atoms with Crippen LogP contribution in [0.3, 0.4) is 0 Å². The predicted molar refractivity (Wildman–Crippen MR) is 56.1 cm³/mol. The molecular formula is C12H12FNO. The molecule has 1 atom stereocenters. The highest BCUT2D eigenvalue weighted by Gasteiger charge is 2.33. The molecule has 0 saturated carbocycles. The fourth-order valence-electron chi connectivity index (χ4n) is 1.59. The summed E-state index contributed by atoms with van der Waals surface area (Å²) in [6, 6.07) is 10.5. The van der Waals surface area contributed by atoms with E-state index in [1.807, 2.05) is 6.07 Å². The van der Waals surface area contributed by atoms with Crippen LogP contribution in [0.5, 0.6) is 0 Å². The van der Waals surface area contributed by atoms with Crippen LogP contribution in [0.2, 0.25) is 0 Å². The fourth-order valence-corrected chi connectivity index (χ4v) is 1.59. The van der Waals surface area contributed by atoms with Gasteiger partial charge < -0.3 is 10.2 Å². The number of nitrogens with two attached hydrogens (primary N) is 1. The molecule has 1 heterocycles. The first kappa shape index (κ1) is 9.93. The summed E-state index contributed by atoms with van der Waals surface area (Å²) in [5, 5.41) is 0. The lowest BCUT2D eigenvalue weighted by Crippen LogP contribution is -2.31. The lowest BCUT2D eigenvalue weighted by atomic mass is 9.90. The molecule has 2 nitrogen and oxygen atoms in total. The third-order valence-electron chi connectivity index (χ3n) is 2.49. The second-order valence-corrected chi connectivity index (χ2v) is 3.38. The molecule has 0 saturated heterocycles. The largest absolute Gasteiger partial charge is 0.472 e. The van der Waals surface area contributed by atoms with Gasteiger partial charge in [0, 0.05) is 12.1 Å². The minimum absolute atomic E-state index is 0.101. The van der Waals surface area contributed by atoms with Gasteiger partial charge in [-0.2, -0.15) is 0 Å². The van der Waals surface area contributed by atoms with E-state index in [1.165, 1.54) is 12.5 Å². The van der Waals surface area contributed by atoms with Crippen molar-refractivity contribution in [3.8, 4) is 0 Å². The summed E-state index contributed by atoms with van der Waals surface area (Å²) in [5.41, 5.74) is 4.86. The Bertz CT molecular complexity index is 412. The molecular weight excluding hydrogens is 193 g/mol. The highest BCUT2D eigenvalue weighted by atomic mass is 19.1. The summed E-state index contributed by atoms with van der Waals surface area (Å²) in [6.07, 6.45) is 2.84. The smallest absolute Gasteiger partial charge is 0.176 e. The molecule has 1 aromatic carbocycles. The maximum atomic E-state index is 14.6. The number of rotatable bonds is 3. The van der Waals surface area contributed by atoms with Crippen LogP contribution in [0, 0.1) is 0 Å². The van der Waals surface area contributed by atoms with Crippen molar-refractivity contribution in [2.45, 2.75) is 5.67 Å². The van der Waals surface area contributed by atoms with Crippen LogP contribution in [0.25, 0.3) is 0 Å². The third-order valence-corrected chi connectivity index (χ3v) is 2.49. The van der Waals surface area contributed by atoms with Gasteiger partial charge >= 0.3 is 0 Å². The van der Waals surface area contributed by atoms with E-state index < -0.39 is 5.67 Å². The molecule has 0 fully saturated rings. The lowest BCUT2D eigenvalue weighted by Gasteiger charge is -2.22. The summed E-state index contributed by atoms with van der Waals surface area (Å²) >= 11 is 0. The number of halogens is 1. The number of furan rings is 1. The number of hydrogen-bond donors (Lipinski definition) is 1. The molecule has 2 N–H and O–H groups in total. The fraction of sp³-hybridized carbons (Fsp3) is 0.167. The van der Waals surface area contributed by atoms with Crippen molar-refractivity contribution in [2.75, 3.05) is 6.54 Å². The molecule has 0 spiro atoms. The first-order valence-electron chi connectivity index (χ1n) is 4.74. The molecule has 1 aromatic heterocycles. The van der Waals surface area contributed by atoms with Gasteiger partial charge in [-0.1, -0.05) is 30.3 Å². The Kier molecular flexibility index (Phi) is 2.56. The number of benzene rings is 1. The summed E-state index contributed by atoms with van der Waals surface area (Å²) in [4.78, 5) is 0. The molecule has 1 unspecified atom stereocenters. The Morgan fingerprint density at radius 3 is 2.40 bits per heavy atom. The van der Waals surface area contributed by atoms with E-state index >= 15 is 0 Å². The molecule has 0 radical (unpaired) electrons. The zero-order chi connectivity index (χ0) is 10.7. The summed E-state index contributed by atoms with van der Waals surface area (Å²) < 4.78 is 19.5. The van der Waals surface area contributed by atoms with Crippen molar-refractivity contribution in [3.63, 3.8) is 0 Å². The molecule has 78 valence electrons. The van der Waals surface area contributed by atoms with Crippen molar-refractivity contribution in [1.29, 1.82) is 0 Å². The van der Waals surface area contributed by atoms with Gasteiger partial charge in [0.2, 0.25) is 0 Å². The van der Waals surface area contributed by atoms with Gasteiger partial charge in [-0.15, -0.1) is 0 Å². The minimum Gasteiger partial charge on any atom is -0.472 e. The van der Waals surface area contributed by atoms with E-state index in [2.05, 4.69) is 0 Å². The summed E-state index contributed by atoms with van der Waals surface area (Å²) in [6.45, 7) is -0.101. The SMILES string of the molecule is NCC(F)(c1ccccc1)c1ccoc1.